The smallest absolute Gasteiger partial charge is 0.410 e. The maximum atomic E-state index is 14.7. The van der Waals surface area contributed by atoms with Crippen LogP contribution in [0.1, 0.15) is 63.7 Å². The molecule has 2 N–H and O–H groups in total. The van der Waals surface area contributed by atoms with Gasteiger partial charge in [-0.15, -0.1) is 0 Å². The first-order chi connectivity index (χ1) is 25.9. The molecule has 0 bridgehead atoms. The first-order valence-corrected chi connectivity index (χ1v) is 19.5. The fraction of sp³-hybridized carbons (Fsp3) is 0.425. The number of likely N-dealkylation sites (tertiary alicyclic amines) is 1. The van der Waals surface area contributed by atoms with E-state index < -0.39 is 58.0 Å². The number of β-lactam (4-membered cyclic amide) rings is 1. The summed E-state index contributed by atoms with van der Waals surface area (Å²) in [6.45, 7) is 9.99. The molecule has 0 unspecified atom stereocenters. The van der Waals surface area contributed by atoms with E-state index in [0.717, 1.165) is 4.90 Å². The summed E-state index contributed by atoms with van der Waals surface area (Å²) in [7, 11) is -1.80. The molecule has 4 heterocycles. The van der Waals surface area contributed by atoms with E-state index in [0.29, 0.717) is 73.2 Å². The molecule has 0 saturated carbocycles. The summed E-state index contributed by atoms with van der Waals surface area (Å²) in [5.41, 5.74) is 1.75. The molecule has 0 aromatic heterocycles. The average Bonchev–Trinajstić information content (AvgIpc) is 3.58. The number of hydrogen-bond acceptors (Lipinski definition) is 9. The van der Waals surface area contributed by atoms with Crippen molar-refractivity contribution in [2.75, 3.05) is 32.0 Å². The predicted octanol–water partition coefficient (Wildman–Crippen LogP) is 4.64. The number of rotatable bonds is 10. The molecule has 3 saturated heterocycles. The number of ether oxygens (including phenoxy) is 3. The van der Waals surface area contributed by atoms with Crippen LogP contribution in [-0.2, 0) is 39.4 Å². The Hall–Kier alpha value is -5.24. The van der Waals surface area contributed by atoms with Crippen LogP contribution in [0.5, 0.6) is 0 Å². The minimum absolute atomic E-state index is 0.00431. The molecule has 4 aliphatic rings. The Balaban J connectivity index is 1.39. The maximum absolute atomic E-state index is 14.7. The number of alkyl carbamates (subject to hydrolysis) is 1. The number of carbonyl (C=O) groups excluding carboxylic acids is 5. The lowest BCUT2D eigenvalue weighted by molar-refractivity contribution is -0.154. The van der Waals surface area contributed by atoms with Gasteiger partial charge in [0, 0.05) is 25.2 Å². The molecule has 0 radical (unpaired) electrons. The summed E-state index contributed by atoms with van der Waals surface area (Å²) in [5.74, 6) is -1.94. The number of allylic oxidation sites excluding steroid dienone is 1. The molecule has 0 aliphatic carbocycles. The van der Waals surface area contributed by atoms with Crippen molar-refractivity contribution in [3.63, 3.8) is 0 Å². The van der Waals surface area contributed by atoms with Crippen LogP contribution in [0.25, 0.3) is 0 Å². The lowest BCUT2D eigenvalue weighted by Crippen LogP contribution is -2.73. The first-order valence-electron chi connectivity index (χ1n) is 18.1. The molecule has 3 fully saturated rings. The summed E-state index contributed by atoms with van der Waals surface area (Å²) in [6, 6.07) is 17.2. The number of amides is 4. The van der Waals surface area contributed by atoms with Crippen molar-refractivity contribution in [1.82, 2.24) is 20.4 Å². The van der Waals surface area contributed by atoms with Crippen molar-refractivity contribution < 1.29 is 42.4 Å². The second-order valence-corrected chi connectivity index (χ2v) is 16.2. The van der Waals surface area contributed by atoms with Crippen LogP contribution in [0, 0.1) is 5.92 Å². The second kappa shape index (κ2) is 16.4. The first kappa shape index (κ1) is 38.5. The zero-order chi connectivity index (χ0) is 38.6. The number of nitrogens with zero attached hydrogens (tertiary/aromatic N) is 2. The van der Waals surface area contributed by atoms with Gasteiger partial charge in [-0.1, -0.05) is 73.3 Å². The summed E-state index contributed by atoms with van der Waals surface area (Å²) < 4.78 is 31.1. The van der Waals surface area contributed by atoms with Gasteiger partial charge in [-0.2, -0.15) is 0 Å². The number of benzene rings is 2. The number of nitrogens with one attached hydrogen (secondary N) is 2. The van der Waals surface area contributed by atoms with Crippen molar-refractivity contribution in [1.29, 1.82) is 0 Å². The third-order valence-electron chi connectivity index (χ3n) is 9.77. The van der Waals surface area contributed by atoms with Crippen molar-refractivity contribution in [3.05, 3.63) is 107 Å². The zero-order valence-corrected chi connectivity index (χ0v) is 31.5. The number of carbonyl (C=O) groups is 5. The Labute approximate surface area is 317 Å². The highest BCUT2D eigenvalue weighted by molar-refractivity contribution is 7.86. The van der Waals surface area contributed by atoms with Crippen LogP contribution in [0.4, 0.5) is 9.59 Å². The molecular formula is C40H46N4O9S. The van der Waals surface area contributed by atoms with Crippen molar-refractivity contribution >= 4 is 40.8 Å². The third kappa shape index (κ3) is 8.43. The largest absolute Gasteiger partial charge is 0.448 e. The van der Waals surface area contributed by atoms with E-state index in [-0.39, 0.29) is 29.9 Å². The molecule has 14 heteroatoms. The van der Waals surface area contributed by atoms with Gasteiger partial charge in [-0.3, -0.25) is 18.7 Å². The molecule has 6 rings (SSSR count). The van der Waals surface area contributed by atoms with E-state index in [1.54, 1.807) is 25.7 Å². The van der Waals surface area contributed by atoms with E-state index in [9.17, 15) is 28.2 Å². The molecule has 4 amide bonds. The molecule has 13 nitrogen and oxygen atoms in total. The summed E-state index contributed by atoms with van der Waals surface area (Å²) in [6.07, 6.45) is 1.26. The van der Waals surface area contributed by atoms with Gasteiger partial charge in [0.25, 0.3) is 5.91 Å². The Bertz CT molecular complexity index is 1840. The van der Waals surface area contributed by atoms with E-state index in [1.165, 1.54) is 6.08 Å². The van der Waals surface area contributed by atoms with Crippen molar-refractivity contribution in [2.45, 2.75) is 69.6 Å². The third-order valence-corrected chi connectivity index (χ3v) is 11.4. The second-order valence-electron chi connectivity index (χ2n) is 14.6. The molecule has 2 aromatic carbocycles. The fourth-order valence-electron chi connectivity index (χ4n) is 7.25. The number of hydrogen-bond donors (Lipinski definition) is 2. The lowest BCUT2D eigenvalue weighted by atomic mass is 9.84. The van der Waals surface area contributed by atoms with E-state index in [4.69, 9.17) is 14.2 Å². The topological polar surface area (TPSA) is 161 Å². The maximum Gasteiger partial charge on any atom is 0.410 e. The van der Waals surface area contributed by atoms with Gasteiger partial charge in [0.05, 0.1) is 16.6 Å². The molecule has 286 valence electrons. The van der Waals surface area contributed by atoms with Crippen molar-refractivity contribution in [3.8, 4) is 0 Å². The van der Waals surface area contributed by atoms with Gasteiger partial charge >= 0.3 is 18.2 Å². The fourth-order valence-corrected chi connectivity index (χ4v) is 8.94. The van der Waals surface area contributed by atoms with E-state index >= 15 is 0 Å². The Morgan fingerprint density at radius 3 is 2.20 bits per heavy atom. The standard InChI is InChI=1S/C40H46N4O9S/c1-5-22-51-39(49)43-20-17-25(18-21-43)23-29(28-16-19-41-34(28)45)30-24-54(50)36-31(42-38(48)53-40(2,3)4)35(46)44(36)32(30)37(47)52-33(26-12-8-6-9-13-26)27-14-10-7-11-15-27/h5-15,25,31,33,36H,1,16-24H2,2-4H3,(H,41,45)(H,42,48)/t31-,36-,54+/m1/s1. The highest BCUT2D eigenvalue weighted by Gasteiger charge is 2.58. The molecule has 2 aromatic rings. The predicted molar refractivity (Wildman–Crippen MR) is 200 cm³/mol. The van der Waals surface area contributed by atoms with E-state index in [2.05, 4.69) is 17.2 Å². The van der Waals surface area contributed by atoms with Crippen LogP contribution in [-0.4, -0.2) is 93.0 Å². The monoisotopic (exact) mass is 758 g/mol. The van der Waals surface area contributed by atoms with E-state index in [1.807, 2.05) is 60.7 Å². The number of esters is 1. The summed E-state index contributed by atoms with van der Waals surface area (Å²) in [4.78, 5) is 70.2. The summed E-state index contributed by atoms with van der Waals surface area (Å²) >= 11 is 0. The Morgan fingerprint density at radius 1 is 1.02 bits per heavy atom. The van der Waals surface area contributed by atoms with Gasteiger partial charge in [0.2, 0.25) is 5.91 Å². The minimum Gasteiger partial charge on any atom is -0.448 e. The van der Waals surface area contributed by atoms with Gasteiger partial charge in [-0.25, -0.2) is 14.4 Å². The van der Waals surface area contributed by atoms with Crippen molar-refractivity contribution in [2.24, 2.45) is 5.92 Å². The van der Waals surface area contributed by atoms with Gasteiger partial charge in [0.15, 0.2) is 6.10 Å². The average molecular weight is 759 g/mol. The van der Waals surface area contributed by atoms with Gasteiger partial charge in [0.1, 0.15) is 29.3 Å². The number of fused-ring (bicyclic) bond motifs is 1. The Kier molecular flexibility index (Phi) is 11.7. The van der Waals surface area contributed by atoms with Crippen LogP contribution < -0.4 is 10.6 Å². The highest BCUT2D eigenvalue weighted by Crippen LogP contribution is 2.42. The quantitative estimate of drug-likeness (QED) is 0.116. The highest BCUT2D eigenvalue weighted by atomic mass is 32.2. The van der Waals surface area contributed by atoms with Crippen LogP contribution in [0.3, 0.4) is 0 Å². The molecule has 54 heavy (non-hydrogen) atoms. The minimum atomic E-state index is -1.80. The summed E-state index contributed by atoms with van der Waals surface area (Å²) in [5, 5.41) is 4.34. The van der Waals surface area contributed by atoms with Crippen LogP contribution in [0.15, 0.2) is 95.7 Å². The lowest BCUT2D eigenvalue weighted by Gasteiger charge is -2.49. The van der Waals surface area contributed by atoms with Crippen LogP contribution >= 0.6 is 0 Å². The van der Waals surface area contributed by atoms with Gasteiger partial charge < -0.3 is 29.7 Å². The van der Waals surface area contributed by atoms with Crippen LogP contribution in [0.2, 0.25) is 0 Å². The molecule has 3 atom stereocenters. The SMILES string of the molecule is C=CCOC(=O)N1CCC(CC(=C2CCNC2=O)C2=C(C(=O)OC(c3ccccc3)c3ccccc3)N3C(=O)[C@@H](NC(=O)OC(C)(C)C)[C@H]3[S@@](=O)C2)CC1. The molecule has 4 aliphatic heterocycles. The molecular weight excluding hydrogens is 713 g/mol. The Morgan fingerprint density at radius 2 is 1.65 bits per heavy atom. The zero-order valence-electron chi connectivity index (χ0n) is 30.7. The van der Waals surface area contributed by atoms with Gasteiger partial charge in [-0.05, 0) is 74.6 Å². The number of piperidine rings is 1. The molecule has 0 spiro atoms. The normalized spacial score (nSPS) is 22.6.